The highest BCUT2D eigenvalue weighted by molar-refractivity contribution is 5.69. The molecule has 104 valence electrons. The number of fused-ring (bicyclic) bond motifs is 1. The quantitative estimate of drug-likeness (QED) is 0.898. The van der Waals surface area contributed by atoms with Gasteiger partial charge in [-0.2, -0.15) is 0 Å². The summed E-state index contributed by atoms with van der Waals surface area (Å²) < 4.78 is 10.6. The van der Waals surface area contributed by atoms with Crippen LogP contribution in [0.4, 0.5) is 0 Å². The largest absolute Gasteiger partial charge is 0.493 e. The minimum Gasteiger partial charge on any atom is -0.493 e. The summed E-state index contributed by atoms with van der Waals surface area (Å²) in [6.07, 6.45) is 0.827. The fraction of sp³-hybridized carbons (Fsp3) is 0.500. The average Bonchev–Trinajstić information content (AvgIpc) is 2.40. The number of carboxylic acid groups (broad SMARTS) is 1. The SMILES string of the molecule is COc1cc2c(cc1OC)[C@@H](C)N(CC(=O)O)CC2. The predicted molar refractivity (Wildman–Crippen MR) is 70.9 cm³/mol. The van der Waals surface area contributed by atoms with Crippen LogP contribution in [0.15, 0.2) is 12.1 Å². The highest BCUT2D eigenvalue weighted by Gasteiger charge is 2.26. The molecule has 0 aromatic heterocycles. The van der Waals surface area contributed by atoms with Crippen molar-refractivity contribution >= 4 is 5.97 Å². The molecule has 5 nitrogen and oxygen atoms in total. The second-order valence-corrected chi connectivity index (χ2v) is 4.70. The van der Waals surface area contributed by atoms with E-state index in [9.17, 15) is 4.79 Å². The van der Waals surface area contributed by atoms with Crippen molar-refractivity contribution in [3.63, 3.8) is 0 Å². The van der Waals surface area contributed by atoms with E-state index < -0.39 is 5.97 Å². The van der Waals surface area contributed by atoms with Crippen LogP contribution in [0.3, 0.4) is 0 Å². The van der Waals surface area contributed by atoms with Crippen molar-refractivity contribution in [2.75, 3.05) is 27.3 Å². The van der Waals surface area contributed by atoms with E-state index in [1.165, 1.54) is 5.56 Å². The molecule has 1 aliphatic heterocycles. The lowest BCUT2D eigenvalue weighted by molar-refractivity contribution is -0.139. The molecule has 0 radical (unpaired) electrons. The van der Waals surface area contributed by atoms with Crippen LogP contribution in [-0.4, -0.2) is 43.3 Å². The van der Waals surface area contributed by atoms with Crippen molar-refractivity contribution in [2.24, 2.45) is 0 Å². The van der Waals surface area contributed by atoms with Gasteiger partial charge in [0.2, 0.25) is 0 Å². The molecule has 2 rings (SSSR count). The summed E-state index contributed by atoms with van der Waals surface area (Å²) in [5.74, 6) is 0.612. The third kappa shape index (κ3) is 2.66. The number of methoxy groups -OCH3 is 2. The van der Waals surface area contributed by atoms with Crippen molar-refractivity contribution in [1.29, 1.82) is 0 Å². The first-order valence-corrected chi connectivity index (χ1v) is 6.27. The molecule has 0 bridgehead atoms. The standard InChI is InChI=1S/C14H19NO4/c1-9-11-7-13(19-3)12(18-2)6-10(11)4-5-15(9)8-14(16)17/h6-7,9H,4-5,8H2,1-3H3,(H,16,17)/t9-/m1/s1. The van der Waals surface area contributed by atoms with Gasteiger partial charge in [-0.05, 0) is 36.6 Å². The first kappa shape index (κ1) is 13.7. The molecule has 0 fully saturated rings. The molecule has 1 aromatic carbocycles. The minimum absolute atomic E-state index is 0.0644. The van der Waals surface area contributed by atoms with E-state index in [-0.39, 0.29) is 12.6 Å². The summed E-state index contributed by atoms with van der Waals surface area (Å²) in [5.41, 5.74) is 2.32. The first-order valence-electron chi connectivity index (χ1n) is 6.27. The zero-order chi connectivity index (χ0) is 14.0. The summed E-state index contributed by atoms with van der Waals surface area (Å²) in [4.78, 5) is 12.8. The Balaban J connectivity index is 2.34. The van der Waals surface area contributed by atoms with Gasteiger partial charge in [-0.3, -0.25) is 9.69 Å². The highest BCUT2D eigenvalue weighted by Crippen LogP contribution is 2.37. The lowest BCUT2D eigenvalue weighted by Gasteiger charge is -2.34. The van der Waals surface area contributed by atoms with E-state index in [1.807, 2.05) is 24.0 Å². The maximum atomic E-state index is 10.9. The molecule has 1 atom stereocenters. The Morgan fingerprint density at radius 2 is 2.00 bits per heavy atom. The van der Waals surface area contributed by atoms with Crippen LogP contribution in [0.5, 0.6) is 11.5 Å². The van der Waals surface area contributed by atoms with E-state index in [0.717, 1.165) is 24.3 Å². The maximum absolute atomic E-state index is 10.9. The van der Waals surface area contributed by atoms with Gasteiger partial charge >= 0.3 is 5.97 Å². The summed E-state index contributed by atoms with van der Waals surface area (Å²) in [6, 6.07) is 4.01. The number of ether oxygens (including phenoxy) is 2. The van der Waals surface area contributed by atoms with Gasteiger partial charge in [0.1, 0.15) is 0 Å². The second-order valence-electron chi connectivity index (χ2n) is 4.70. The van der Waals surface area contributed by atoms with Gasteiger partial charge in [0.25, 0.3) is 0 Å². The summed E-state index contributed by atoms with van der Waals surface area (Å²) in [5, 5.41) is 8.93. The van der Waals surface area contributed by atoms with Gasteiger partial charge in [0, 0.05) is 12.6 Å². The molecular weight excluding hydrogens is 246 g/mol. The smallest absolute Gasteiger partial charge is 0.317 e. The monoisotopic (exact) mass is 265 g/mol. The Bertz CT molecular complexity index is 487. The zero-order valence-electron chi connectivity index (χ0n) is 11.5. The van der Waals surface area contributed by atoms with Crippen LogP contribution in [0.25, 0.3) is 0 Å². The molecule has 0 aliphatic carbocycles. The molecule has 1 heterocycles. The number of hydrogen-bond acceptors (Lipinski definition) is 4. The Kier molecular flexibility index (Phi) is 3.95. The van der Waals surface area contributed by atoms with E-state index >= 15 is 0 Å². The number of carboxylic acids is 1. The number of rotatable bonds is 4. The van der Waals surface area contributed by atoms with Crippen LogP contribution in [0.2, 0.25) is 0 Å². The third-order valence-electron chi connectivity index (χ3n) is 3.65. The van der Waals surface area contributed by atoms with E-state index in [2.05, 4.69) is 0 Å². The Hall–Kier alpha value is -1.75. The fourth-order valence-electron chi connectivity index (χ4n) is 2.59. The normalized spacial score (nSPS) is 18.8. The summed E-state index contributed by atoms with van der Waals surface area (Å²) in [6.45, 7) is 2.83. The van der Waals surface area contributed by atoms with Gasteiger partial charge < -0.3 is 14.6 Å². The Morgan fingerprint density at radius 3 is 2.58 bits per heavy atom. The van der Waals surface area contributed by atoms with E-state index in [0.29, 0.717) is 5.75 Å². The number of carbonyl (C=O) groups is 1. The molecule has 5 heteroatoms. The van der Waals surface area contributed by atoms with Gasteiger partial charge in [0.15, 0.2) is 11.5 Å². The number of benzene rings is 1. The molecule has 0 unspecified atom stereocenters. The van der Waals surface area contributed by atoms with Crippen molar-refractivity contribution in [2.45, 2.75) is 19.4 Å². The lowest BCUT2D eigenvalue weighted by atomic mass is 9.93. The molecule has 0 saturated carbocycles. The lowest BCUT2D eigenvalue weighted by Crippen LogP contribution is -2.37. The second kappa shape index (κ2) is 5.48. The third-order valence-corrected chi connectivity index (χ3v) is 3.65. The highest BCUT2D eigenvalue weighted by atomic mass is 16.5. The number of hydrogen-bond donors (Lipinski definition) is 1. The zero-order valence-corrected chi connectivity index (χ0v) is 11.5. The Morgan fingerprint density at radius 1 is 1.37 bits per heavy atom. The molecule has 1 N–H and O–H groups in total. The van der Waals surface area contributed by atoms with Crippen LogP contribution in [-0.2, 0) is 11.2 Å². The number of aliphatic carboxylic acids is 1. The van der Waals surface area contributed by atoms with Gasteiger partial charge in [-0.1, -0.05) is 0 Å². The van der Waals surface area contributed by atoms with Crippen molar-refractivity contribution in [1.82, 2.24) is 4.90 Å². The molecule has 0 saturated heterocycles. The minimum atomic E-state index is -0.796. The summed E-state index contributed by atoms with van der Waals surface area (Å²) in [7, 11) is 3.22. The summed E-state index contributed by atoms with van der Waals surface area (Å²) >= 11 is 0. The van der Waals surface area contributed by atoms with Crippen LogP contribution in [0.1, 0.15) is 24.1 Å². The van der Waals surface area contributed by atoms with Gasteiger partial charge in [-0.15, -0.1) is 0 Å². The molecule has 1 aliphatic rings. The molecule has 1 aromatic rings. The van der Waals surface area contributed by atoms with E-state index in [4.69, 9.17) is 14.6 Å². The van der Waals surface area contributed by atoms with Crippen LogP contribution >= 0.6 is 0 Å². The van der Waals surface area contributed by atoms with Crippen molar-refractivity contribution < 1.29 is 19.4 Å². The molecular formula is C14H19NO4. The van der Waals surface area contributed by atoms with Crippen molar-refractivity contribution in [3.05, 3.63) is 23.3 Å². The Labute approximate surface area is 112 Å². The van der Waals surface area contributed by atoms with E-state index in [1.54, 1.807) is 14.2 Å². The molecule has 0 spiro atoms. The van der Waals surface area contributed by atoms with Crippen molar-refractivity contribution in [3.8, 4) is 11.5 Å². The maximum Gasteiger partial charge on any atom is 0.317 e. The average molecular weight is 265 g/mol. The molecule has 19 heavy (non-hydrogen) atoms. The topological polar surface area (TPSA) is 59.0 Å². The van der Waals surface area contributed by atoms with Crippen LogP contribution < -0.4 is 9.47 Å². The predicted octanol–water partition coefficient (Wildman–Crippen LogP) is 1.71. The van der Waals surface area contributed by atoms with Gasteiger partial charge in [0.05, 0.1) is 20.8 Å². The number of nitrogens with zero attached hydrogens (tertiary/aromatic N) is 1. The van der Waals surface area contributed by atoms with Crippen LogP contribution in [0, 0.1) is 0 Å². The first-order chi connectivity index (χ1) is 9.06. The molecule has 0 amide bonds. The fourth-order valence-corrected chi connectivity index (χ4v) is 2.59. The van der Waals surface area contributed by atoms with Gasteiger partial charge in [-0.25, -0.2) is 0 Å².